The molecule has 25 heavy (non-hydrogen) atoms. The molecule has 2 aromatic rings. The second-order valence-corrected chi connectivity index (χ2v) is 8.64. The lowest BCUT2D eigenvalue weighted by atomic mass is 10.0. The van der Waals surface area contributed by atoms with Crippen LogP contribution in [0, 0.1) is 0 Å². The molecule has 0 spiro atoms. The molecule has 0 saturated heterocycles. The molecule has 6 nitrogen and oxygen atoms in total. The van der Waals surface area contributed by atoms with E-state index in [1.165, 1.54) is 7.11 Å². The fourth-order valence-corrected chi connectivity index (χ4v) is 4.63. The molecular weight excluding hydrogens is 364 g/mol. The maximum Gasteiger partial charge on any atom is 0.264 e. The third-order valence-electron chi connectivity index (χ3n) is 3.90. The molecule has 0 aromatic heterocycles. The highest BCUT2D eigenvalue weighted by molar-refractivity contribution is 7.91. The second-order valence-electron chi connectivity index (χ2n) is 5.65. The first kappa shape index (κ1) is 18.1. The molecule has 1 N–H and O–H groups in total. The van der Waals surface area contributed by atoms with E-state index in [1.807, 2.05) is 24.3 Å². The van der Waals surface area contributed by atoms with E-state index in [2.05, 4.69) is 0 Å². The van der Waals surface area contributed by atoms with Crippen molar-refractivity contribution < 1.29 is 27.0 Å². The minimum absolute atomic E-state index is 0.120. The summed E-state index contributed by atoms with van der Waals surface area (Å²) >= 11 is -1.28. The summed E-state index contributed by atoms with van der Waals surface area (Å²) in [7, 11) is -2.51. The van der Waals surface area contributed by atoms with Crippen molar-refractivity contribution in [3.8, 4) is 11.5 Å². The van der Waals surface area contributed by atoms with Gasteiger partial charge in [0.05, 0.1) is 19.5 Å². The molecule has 1 unspecified atom stereocenters. The lowest BCUT2D eigenvalue weighted by molar-refractivity contribution is 0.292. The normalized spacial score (nSPS) is 16.0. The predicted molar refractivity (Wildman–Crippen MR) is 93.4 cm³/mol. The molecule has 0 aliphatic carbocycles. The van der Waals surface area contributed by atoms with E-state index in [0.29, 0.717) is 22.8 Å². The van der Waals surface area contributed by atoms with E-state index in [4.69, 9.17) is 14.0 Å². The number of ether oxygens (including phenoxy) is 2. The summed E-state index contributed by atoms with van der Waals surface area (Å²) in [4.78, 5) is 1.50. The van der Waals surface area contributed by atoms with Gasteiger partial charge in [0, 0.05) is 34.8 Å². The molecule has 0 amide bonds. The monoisotopic (exact) mass is 382 g/mol. The zero-order valence-electron chi connectivity index (χ0n) is 13.6. The Kier molecular flexibility index (Phi) is 5.24. The summed E-state index contributed by atoms with van der Waals surface area (Å²) in [5.74, 6) is 0.545. The van der Waals surface area contributed by atoms with Crippen LogP contribution in [0.3, 0.4) is 0 Å². The smallest absolute Gasteiger partial charge is 0.264 e. The number of benzene rings is 2. The van der Waals surface area contributed by atoms with Crippen molar-refractivity contribution in [2.75, 3.05) is 19.5 Å². The van der Waals surface area contributed by atoms with Gasteiger partial charge in [0.25, 0.3) is 10.1 Å². The summed E-state index contributed by atoms with van der Waals surface area (Å²) in [6, 6.07) is 11.1. The fourth-order valence-electron chi connectivity index (χ4n) is 2.74. The summed E-state index contributed by atoms with van der Waals surface area (Å²) < 4.78 is 54.0. The van der Waals surface area contributed by atoms with Gasteiger partial charge in [-0.1, -0.05) is 18.2 Å². The number of rotatable bonds is 6. The quantitative estimate of drug-likeness (QED) is 0.468. The summed E-state index contributed by atoms with van der Waals surface area (Å²) in [5.41, 5.74) is 1.90. The highest BCUT2D eigenvalue weighted by Crippen LogP contribution is 2.40. The Morgan fingerprint density at radius 3 is 2.64 bits per heavy atom. The van der Waals surface area contributed by atoms with Gasteiger partial charge in [-0.15, -0.1) is 0 Å². The molecule has 1 atom stereocenters. The van der Waals surface area contributed by atoms with Gasteiger partial charge in [-0.05, 0) is 18.6 Å². The Morgan fingerprint density at radius 2 is 1.92 bits per heavy atom. The molecule has 0 saturated carbocycles. The molecule has 0 fully saturated rings. The lowest BCUT2D eigenvalue weighted by Gasteiger charge is -2.23. The summed E-state index contributed by atoms with van der Waals surface area (Å²) in [5, 5.41) is 0. The summed E-state index contributed by atoms with van der Waals surface area (Å²) in [6.45, 7) is 0.120. The standard InChI is InChI=1S/C17H18O6S2/c1-22-14-11-17-13(9-12-5-2-3-6-16(12)24(17)18)10-15(14)23-7-4-8-25(19,20)21/h2-3,5-6,10-11H,4,7-9H2,1H3,(H,19,20,21). The minimum atomic E-state index is -4.00. The van der Waals surface area contributed by atoms with Crippen LogP contribution in [0.4, 0.5) is 0 Å². The fraction of sp³-hybridized carbons (Fsp3) is 0.294. The molecule has 1 heterocycles. The minimum Gasteiger partial charge on any atom is -0.606 e. The number of hydrogen-bond donors (Lipinski definition) is 1. The third kappa shape index (κ3) is 4.09. The zero-order valence-corrected chi connectivity index (χ0v) is 15.2. The van der Waals surface area contributed by atoms with E-state index in [1.54, 1.807) is 12.1 Å². The van der Waals surface area contributed by atoms with Gasteiger partial charge in [-0.2, -0.15) is 8.42 Å². The van der Waals surface area contributed by atoms with Gasteiger partial charge in [-0.25, -0.2) is 0 Å². The van der Waals surface area contributed by atoms with Crippen molar-refractivity contribution in [1.82, 2.24) is 0 Å². The molecule has 0 bridgehead atoms. The Labute approximate surface area is 149 Å². The van der Waals surface area contributed by atoms with Crippen LogP contribution in [0.2, 0.25) is 0 Å². The Bertz CT molecular complexity index is 879. The van der Waals surface area contributed by atoms with Gasteiger partial charge in [0.15, 0.2) is 21.3 Å². The van der Waals surface area contributed by atoms with Crippen molar-refractivity contribution in [1.29, 1.82) is 0 Å². The third-order valence-corrected chi connectivity index (χ3v) is 6.29. The van der Waals surface area contributed by atoms with Gasteiger partial charge >= 0.3 is 0 Å². The highest BCUT2D eigenvalue weighted by atomic mass is 32.2. The molecule has 3 rings (SSSR count). The molecule has 1 aliphatic rings. The van der Waals surface area contributed by atoms with Crippen LogP contribution in [-0.4, -0.2) is 37.0 Å². The van der Waals surface area contributed by atoms with Crippen LogP contribution in [0.5, 0.6) is 11.5 Å². The first-order valence-electron chi connectivity index (χ1n) is 7.67. The Hall–Kier alpha value is -1.74. The highest BCUT2D eigenvalue weighted by Gasteiger charge is 2.30. The van der Waals surface area contributed by atoms with E-state index >= 15 is 0 Å². The molecule has 0 radical (unpaired) electrons. The number of methoxy groups -OCH3 is 1. The van der Waals surface area contributed by atoms with Crippen molar-refractivity contribution in [2.45, 2.75) is 22.6 Å². The van der Waals surface area contributed by atoms with Crippen LogP contribution >= 0.6 is 0 Å². The van der Waals surface area contributed by atoms with E-state index in [9.17, 15) is 13.0 Å². The summed E-state index contributed by atoms with van der Waals surface area (Å²) in [6.07, 6.45) is 0.802. The average Bonchev–Trinajstić information content (AvgIpc) is 2.57. The maximum atomic E-state index is 12.8. The predicted octanol–water partition coefficient (Wildman–Crippen LogP) is 2.42. The van der Waals surface area contributed by atoms with E-state index in [0.717, 1.165) is 16.0 Å². The van der Waals surface area contributed by atoms with Crippen LogP contribution in [-0.2, 0) is 27.7 Å². The first-order valence-corrected chi connectivity index (χ1v) is 10.4. The molecule has 2 aromatic carbocycles. The first-order chi connectivity index (χ1) is 11.9. The molecule has 8 heteroatoms. The van der Waals surface area contributed by atoms with Crippen molar-refractivity contribution in [3.63, 3.8) is 0 Å². The van der Waals surface area contributed by atoms with Crippen LogP contribution in [0.1, 0.15) is 17.5 Å². The maximum absolute atomic E-state index is 12.8. The molecular formula is C17H18O6S2. The molecule has 1 aliphatic heterocycles. The van der Waals surface area contributed by atoms with Crippen LogP contribution in [0.25, 0.3) is 0 Å². The number of hydrogen-bond acceptors (Lipinski definition) is 5. The second kappa shape index (κ2) is 7.25. The largest absolute Gasteiger partial charge is 0.606 e. The number of fused-ring (bicyclic) bond motifs is 2. The van der Waals surface area contributed by atoms with Crippen molar-refractivity contribution in [3.05, 3.63) is 47.5 Å². The molecule has 134 valence electrons. The zero-order chi connectivity index (χ0) is 18.0. The Morgan fingerprint density at radius 1 is 1.16 bits per heavy atom. The van der Waals surface area contributed by atoms with E-state index in [-0.39, 0.29) is 18.8 Å². The average molecular weight is 382 g/mol. The lowest BCUT2D eigenvalue weighted by Crippen LogP contribution is -2.15. The SMILES string of the molecule is COc1cc2c(cc1OCCCS(=O)(=O)O)Cc1ccccc1[S+]2[O-]. The van der Waals surface area contributed by atoms with Crippen molar-refractivity contribution >= 4 is 21.3 Å². The van der Waals surface area contributed by atoms with Gasteiger partial charge in [0.2, 0.25) is 0 Å². The van der Waals surface area contributed by atoms with Gasteiger partial charge in [-0.3, -0.25) is 4.55 Å². The Balaban J connectivity index is 1.83. The van der Waals surface area contributed by atoms with Crippen molar-refractivity contribution in [2.24, 2.45) is 0 Å². The van der Waals surface area contributed by atoms with E-state index < -0.39 is 21.3 Å². The van der Waals surface area contributed by atoms with Crippen LogP contribution < -0.4 is 9.47 Å². The van der Waals surface area contributed by atoms with Gasteiger partial charge < -0.3 is 14.0 Å². The topological polar surface area (TPSA) is 95.9 Å². The van der Waals surface area contributed by atoms with Crippen LogP contribution in [0.15, 0.2) is 46.2 Å². The van der Waals surface area contributed by atoms with Gasteiger partial charge in [0.1, 0.15) is 0 Å².